The van der Waals surface area contributed by atoms with Crippen molar-refractivity contribution in [3.8, 4) is 11.3 Å². The molecule has 1 heterocycles. The number of nitrogens with zero attached hydrogens (tertiary/aromatic N) is 1. The Morgan fingerprint density at radius 3 is 2.50 bits per heavy atom. The molecule has 4 heteroatoms. The van der Waals surface area contributed by atoms with Crippen LogP contribution in [0.2, 0.25) is 0 Å². The number of nitrogens with two attached hydrogens (primary N) is 1. The summed E-state index contributed by atoms with van der Waals surface area (Å²) < 4.78 is 0. The summed E-state index contributed by atoms with van der Waals surface area (Å²) in [5.41, 5.74) is 8.77. The zero-order chi connectivity index (χ0) is 12.5. The smallest absolute Gasteiger partial charge is 0.274 e. The number of anilines is 1. The zero-order valence-corrected chi connectivity index (χ0v) is 9.55. The Bertz CT molecular complexity index is 760. The van der Waals surface area contributed by atoms with Gasteiger partial charge in [-0.25, -0.2) is 4.98 Å². The maximum Gasteiger partial charge on any atom is 0.274 e. The molecular formula is C14H11N3O. The summed E-state index contributed by atoms with van der Waals surface area (Å²) in [5.74, 6) is 0. The first-order chi connectivity index (χ1) is 8.74. The van der Waals surface area contributed by atoms with Crippen LogP contribution in [0.5, 0.6) is 0 Å². The Hall–Kier alpha value is -2.62. The Balaban J connectivity index is 2.26. The van der Waals surface area contributed by atoms with Crippen LogP contribution in [-0.2, 0) is 0 Å². The average molecular weight is 237 g/mol. The third-order valence-corrected chi connectivity index (χ3v) is 2.78. The molecule has 0 fully saturated rings. The molecular weight excluding hydrogens is 226 g/mol. The molecule has 0 aliphatic carbocycles. The van der Waals surface area contributed by atoms with Gasteiger partial charge in [-0.2, -0.15) is 0 Å². The van der Waals surface area contributed by atoms with Crippen LogP contribution in [0.25, 0.3) is 22.3 Å². The first-order valence-electron chi connectivity index (χ1n) is 5.59. The molecule has 0 aliphatic rings. The maximum atomic E-state index is 12.0. The minimum atomic E-state index is -0.196. The fraction of sp³-hybridized carbons (Fsp3) is 0. The van der Waals surface area contributed by atoms with Gasteiger partial charge >= 0.3 is 0 Å². The van der Waals surface area contributed by atoms with Crippen molar-refractivity contribution < 1.29 is 0 Å². The Kier molecular flexibility index (Phi) is 2.34. The van der Waals surface area contributed by atoms with Gasteiger partial charge in [0.2, 0.25) is 0 Å². The lowest BCUT2D eigenvalue weighted by Gasteiger charge is -2.02. The van der Waals surface area contributed by atoms with E-state index in [1.165, 1.54) is 0 Å². The minimum absolute atomic E-state index is 0.196. The second-order valence-electron chi connectivity index (χ2n) is 4.05. The number of fused-ring (bicyclic) bond motifs is 1. The van der Waals surface area contributed by atoms with E-state index in [9.17, 15) is 4.79 Å². The summed E-state index contributed by atoms with van der Waals surface area (Å²) in [5, 5.41) is 0. The molecule has 0 saturated heterocycles. The number of hydrogen-bond acceptors (Lipinski definition) is 3. The summed E-state index contributed by atoms with van der Waals surface area (Å²) in [6.07, 6.45) is 0. The van der Waals surface area contributed by atoms with Crippen LogP contribution in [-0.4, -0.2) is 9.97 Å². The van der Waals surface area contributed by atoms with E-state index < -0.39 is 0 Å². The molecule has 4 nitrogen and oxygen atoms in total. The Morgan fingerprint density at radius 1 is 1.00 bits per heavy atom. The lowest BCUT2D eigenvalue weighted by atomic mass is 10.1. The monoisotopic (exact) mass is 237 g/mol. The molecule has 0 bridgehead atoms. The summed E-state index contributed by atoms with van der Waals surface area (Å²) in [6.45, 7) is 0. The normalized spacial score (nSPS) is 10.7. The van der Waals surface area contributed by atoms with Crippen molar-refractivity contribution >= 4 is 16.7 Å². The molecule has 0 aliphatic heterocycles. The van der Waals surface area contributed by atoms with Crippen LogP contribution in [0.1, 0.15) is 0 Å². The predicted molar refractivity (Wildman–Crippen MR) is 72.2 cm³/mol. The molecule has 0 spiro atoms. The fourth-order valence-corrected chi connectivity index (χ4v) is 1.87. The summed E-state index contributed by atoms with van der Waals surface area (Å²) in [7, 11) is 0. The molecule has 2 aromatic carbocycles. The number of hydrogen-bond donors (Lipinski definition) is 2. The number of aromatic nitrogens is 2. The predicted octanol–water partition coefficient (Wildman–Crippen LogP) is 2.17. The van der Waals surface area contributed by atoms with Crippen LogP contribution >= 0.6 is 0 Å². The molecule has 0 unspecified atom stereocenters. The first-order valence-corrected chi connectivity index (χ1v) is 5.59. The number of nitrogens with one attached hydrogen (secondary N) is 1. The Labute approximate surface area is 103 Å². The third-order valence-electron chi connectivity index (χ3n) is 2.78. The zero-order valence-electron chi connectivity index (χ0n) is 9.55. The number of benzene rings is 2. The highest BCUT2D eigenvalue weighted by Gasteiger charge is 2.06. The van der Waals surface area contributed by atoms with E-state index in [-0.39, 0.29) is 5.56 Å². The molecule has 3 aromatic rings. The van der Waals surface area contributed by atoms with Crippen LogP contribution in [0.3, 0.4) is 0 Å². The molecule has 3 rings (SSSR count). The second-order valence-corrected chi connectivity index (χ2v) is 4.05. The first kappa shape index (κ1) is 10.5. The van der Waals surface area contributed by atoms with Crippen molar-refractivity contribution in [3.05, 3.63) is 58.9 Å². The number of aromatic amines is 1. The topological polar surface area (TPSA) is 71.8 Å². The van der Waals surface area contributed by atoms with E-state index >= 15 is 0 Å². The van der Waals surface area contributed by atoms with Crippen molar-refractivity contribution in [2.75, 3.05) is 5.73 Å². The molecule has 0 amide bonds. The van der Waals surface area contributed by atoms with Gasteiger partial charge in [-0.15, -0.1) is 0 Å². The van der Waals surface area contributed by atoms with Crippen LogP contribution in [0.15, 0.2) is 53.3 Å². The average Bonchev–Trinajstić information content (AvgIpc) is 2.39. The largest absolute Gasteiger partial charge is 0.399 e. The van der Waals surface area contributed by atoms with Crippen molar-refractivity contribution in [1.29, 1.82) is 0 Å². The third kappa shape index (κ3) is 1.73. The van der Waals surface area contributed by atoms with Crippen molar-refractivity contribution in [2.45, 2.75) is 0 Å². The van der Waals surface area contributed by atoms with E-state index in [1.54, 1.807) is 24.3 Å². The van der Waals surface area contributed by atoms with Crippen LogP contribution < -0.4 is 11.3 Å². The highest BCUT2D eigenvalue weighted by molar-refractivity contribution is 5.77. The standard InChI is InChI=1S/C14H11N3O/c15-10-7-5-9(6-8-10)13-14(18)17-12-4-2-1-3-11(12)16-13/h1-8H,15H2,(H,17,18). The maximum absolute atomic E-state index is 12.0. The van der Waals surface area contributed by atoms with Gasteiger partial charge in [-0.1, -0.05) is 24.3 Å². The van der Waals surface area contributed by atoms with Gasteiger partial charge in [-0.3, -0.25) is 4.79 Å². The number of H-pyrrole nitrogens is 1. The number of para-hydroxylation sites is 2. The quantitative estimate of drug-likeness (QED) is 0.637. The van der Waals surface area contributed by atoms with Crippen molar-refractivity contribution in [3.63, 3.8) is 0 Å². The van der Waals surface area contributed by atoms with Gasteiger partial charge < -0.3 is 10.7 Å². The van der Waals surface area contributed by atoms with E-state index in [1.807, 2.05) is 24.3 Å². The number of rotatable bonds is 1. The summed E-state index contributed by atoms with van der Waals surface area (Å²) >= 11 is 0. The van der Waals surface area contributed by atoms with Crippen LogP contribution in [0, 0.1) is 0 Å². The molecule has 3 N–H and O–H groups in total. The van der Waals surface area contributed by atoms with Gasteiger partial charge in [0.05, 0.1) is 11.0 Å². The van der Waals surface area contributed by atoms with Gasteiger partial charge in [0, 0.05) is 11.3 Å². The number of nitrogen functional groups attached to an aromatic ring is 1. The van der Waals surface area contributed by atoms with Crippen LogP contribution in [0.4, 0.5) is 5.69 Å². The van der Waals surface area contributed by atoms with Gasteiger partial charge in [0.25, 0.3) is 5.56 Å². The molecule has 0 radical (unpaired) electrons. The van der Waals surface area contributed by atoms with Gasteiger partial charge in [0.15, 0.2) is 0 Å². The van der Waals surface area contributed by atoms with E-state index in [4.69, 9.17) is 5.73 Å². The molecule has 1 aromatic heterocycles. The molecule has 0 saturated carbocycles. The fourth-order valence-electron chi connectivity index (χ4n) is 1.87. The van der Waals surface area contributed by atoms with Crippen molar-refractivity contribution in [1.82, 2.24) is 9.97 Å². The van der Waals surface area contributed by atoms with E-state index in [0.29, 0.717) is 11.4 Å². The minimum Gasteiger partial charge on any atom is -0.399 e. The lowest BCUT2D eigenvalue weighted by molar-refractivity contribution is 1.22. The molecule has 88 valence electrons. The Morgan fingerprint density at radius 2 is 1.72 bits per heavy atom. The van der Waals surface area contributed by atoms with E-state index in [0.717, 1.165) is 16.6 Å². The van der Waals surface area contributed by atoms with Gasteiger partial charge in [-0.05, 0) is 24.3 Å². The summed E-state index contributed by atoms with van der Waals surface area (Å²) in [6, 6.07) is 14.5. The highest BCUT2D eigenvalue weighted by Crippen LogP contribution is 2.17. The summed E-state index contributed by atoms with van der Waals surface area (Å²) in [4.78, 5) is 19.2. The SMILES string of the molecule is Nc1ccc(-c2nc3ccccc3[nH]c2=O)cc1. The van der Waals surface area contributed by atoms with Gasteiger partial charge in [0.1, 0.15) is 5.69 Å². The highest BCUT2D eigenvalue weighted by atomic mass is 16.1. The van der Waals surface area contributed by atoms with Crippen molar-refractivity contribution in [2.24, 2.45) is 0 Å². The molecule has 18 heavy (non-hydrogen) atoms. The lowest BCUT2D eigenvalue weighted by Crippen LogP contribution is -2.11. The van der Waals surface area contributed by atoms with E-state index in [2.05, 4.69) is 9.97 Å². The molecule has 0 atom stereocenters. The second kappa shape index (κ2) is 4.00.